The molecule has 0 N–H and O–H groups in total. The molecule has 94 valence electrons. The molecule has 1 saturated carbocycles. The Morgan fingerprint density at radius 3 is 2.59 bits per heavy atom. The highest BCUT2D eigenvalue weighted by atomic mass is 16.5. The van der Waals surface area contributed by atoms with Crippen LogP contribution in [-0.2, 0) is 0 Å². The van der Waals surface area contributed by atoms with E-state index in [0.717, 1.165) is 30.7 Å². The average molecular weight is 235 g/mol. The van der Waals surface area contributed by atoms with Gasteiger partial charge in [0.1, 0.15) is 0 Å². The van der Waals surface area contributed by atoms with E-state index in [9.17, 15) is 0 Å². The smallest absolute Gasteiger partial charge is 0.243 e. The molecule has 3 rings (SSSR count). The van der Waals surface area contributed by atoms with Crippen molar-refractivity contribution < 1.29 is 4.52 Å². The van der Waals surface area contributed by atoms with Crippen LogP contribution in [0.5, 0.6) is 0 Å². The minimum atomic E-state index is 0.280. The van der Waals surface area contributed by atoms with Crippen molar-refractivity contribution in [2.45, 2.75) is 51.5 Å². The topological polar surface area (TPSA) is 42.2 Å². The largest absolute Gasteiger partial charge is 0.338 e. The molecule has 0 amide bonds. The van der Waals surface area contributed by atoms with Gasteiger partial charge in [0, 0.05) is 5.92 Å². The number of aromatic nitrogens is 2. The summed E-state index contributed by atoms with van der Waals surface area (Å²) in [5, 5.41) is 4.10. The number of likely N-dealkylation sites (tertiary alicyclic amines) is 1. The average Bonchev–Trinajstić information content (AvgIpc) is 3.07. The Hall–Kier alpha value is -0.900. The van der Waals surface area contributed by atoms with Crippen LogP contribution in [0.1, 0.15) is 63.2 Å². The third kappa shape index (κ3) is 2.37. The first-order chi connectivity index (χ1) is 8.24. The Balaban J connectivity index is 1.65. The van der Waals surface area contributed by atoms with Crippen molar-refractivity contribution >= 4 is 0 Å². The second-order valence-corrected chi connectivity index (χ2v) is 5.66. The first-order valence-electron chi connectivity index (χ1n) is 6.81. The lowest BCUT2D eigenvalue weighted by Crippen LogP contribution is -2.35. The Bertz CT molecular complexity index is 378. The molecule has 17 heavy (non-hydrogen) atoms. The van der Waals surface area contributed by atoms with E-state index in [2.05, 4.69) is 28.9 Å². The molecule has 4 nitrogen and oxygen atoms in total. The highest BCUT2D eigenvalue weighted by molar-refractivity contribution is 5.04. The van der Waals surface area contributed by atoms with Gasteiger partial charge in [-0.25, -0.2) is 0 Å². The highest BCUT2D eigenvalue weighted by Gasteiger charge is 2.31. The second kappa shape index (κ2) is 4.41. The predicted octanol–water partition coefficient (Wildman–Crippen LogP) is 2.74. The second-order valence-electron chi connectivity index (χ2n) is 5.66. The highest BCUT2D eigenvalue weighted by Crippen LogP contribution is 2.38. The fraction of sp³-hybridized carbons (Fsp3) is 0.846. The molecule has 2 aliphatic rings. The zero-order chi connectivity index (χ0) is 11.8. The summed E-state index contributed by atoms with van der Waals surface area (Å²) in [6.45, 7) is 6.83. The molecule has 1 aliphatic heterocycles. The van der Waals surface area contributed by atoms with Crippen LogP contribution in [0.2, 0.25) is 0 Å². The van der Waals surface area contributed by atoms with Crippen LogP contribution >= 0.6 is 0 Å². The van der Waals surface area contributed by atoms with Gasteiger partial charge < -0.3 is 4.52 Å². The lowest BCUT2D eigenvalue weighted by Gasteiger charge is -2.33. The molecule has 1 atom stereocenters. The van der Waals surface area contributed by atoms with E-state index >= 15 is 0 Å². The van der Waals surface area contributed by atoms with Crippen molar-refractivity contribution in [3.05, 3.63) is 11.7 Å². The summed E-state index contributed by atoms with van der Waals surface area (Å²) in [5.41, 5.74) is 0. The zero-order valence-electron chi connectivity index (χ0n) is 10.7. The van der Waals surface area contributed by atoms with E-state index in [1.54, 1.807) is 0 Å². The lowest BCUT2D eigenvalue weighted by molar-refractivity contribution is 0.124. The van der Waals surface area contributed by atoms with Gasteiger partial charge in [-0.2, -0.15) is 4.98 Å². The monoisotopic (exact) mass is 235 g/mol. The van der Waals surface area contributed by atoms with Gasteiger partial charge in [-0.3, -0.25) is 4.90 Å². The van der Waals surface area contributed by atoms with Gasteiger partial charge in [-0.15, -0.1) is 0 Å². The first-order valence-corrected chi connectivity index (χ1v) is 6.81. The molecule has 1 saturated heterocycles. The maximum Gasteiger partial charge on any atom is 0.243 e. The Morgan fingerprint density at radius 2 is 1.94 bits per heavy atom. The number of piperidine rings is 1. The fourth-order valence-electron chi connectivity index (χ4n) is 2.50. The van der Waals surface area contributed by atoms with E-state index in [0.29, 0.717) is 5.92 Å². The molecule has 1 aromatic heterocycles. The SMILES string of the molecule is CC1CCN(C(C)c2nc(C3CC3)no2)CC1. The third-order valence-corrected chi connectivity index (χ3v) is 4.12. The third-order valence-electron chi connectivity index (χ3n) is 4.12. The van der Waals surface area contributed by atoms with Crippen molar-refractivity contribution in [3.63, 3.8) is 0 Å². The van der Waals surface area contributed by atoms with Gasteiger partial charge in [-0.1, -0.05) is 12.1 Å². The quantitative estimate of drug-likeness (QED) is 0.808. The fourth-order valence-corrected chi connectivity index (χ4v) is 2.50. The molecule has 4 heteroatoms. The minimum Gasteiger partial charge on any atom is -0.338 e. The maximum atomic E-state index is 5.41. The van der Waals surface area contributed by atoms with E-state index in [4.69, 9.17) is 4.52 Å². The summed E-state index contributed by atoms with van der Waals surface area (Å²) in [7, 11) is 0. The first kappa shape index (κ1) is 11.2. The Labute approximate surface area is 102 Å². The summed E-state index contributed by atoms with van der Waals surface area (Å²) in [5.74, 6) is 3.18. The number of hydrogen-bond donors (Lipinski definition) is 0. The van der Waals surface area contributed by atoms with Crippen LogP contribution in [0.4, 0.5) is 0 Å². The standard InChI is InChI=1S/C13H21N3O/c1-9-5-7-16(8-6-9)10(2)13-14-12(15-17-13)11-3-4-11/h9-11H,3-8H2,1-2H3. The van der Waals surface area contributed by atoms with Crippen LogP contribution in [0.25, 0.3) is 0 Å². The van der Waals surface area contributed by atoms with Gasteiger partial charge in [0.05, 0.1) is 6.04 Å². The van der Waals surface area contributed by atoms with Gasteiger partial charge in [0.2, 0.25) is 5.89 Å². The summed E-state index contributed by atoms with van der Waals surface area (Å²) in [6.07, 6.45) is 5.03. The van der Waals surface area contributed by atoms with Gasteiger partial charge in [0.25, 0.3) is 0 Å². The molecule has 1 unspecified atom stereocenters. The van der Waals surface area contributed by atoms with Crippen LogP contribution in [0.3, 0.4) is 0 Å². The summed E-state index contributed by atoms with van der Waals surface area (Å²) in [4.78, 5) is 7.01. The van der Waals surface area contributed by atoms with E-state index in [1.807, 2.05) is 0 Å². The predicted molar refractivity (Wildman–Crippen MR) is 64.7 cm³/mol. The molecule has 0 aromatic carbocycles. The summed E-state index contributed by atoms with van der Waals surface area (Å²) < 4.78 is 5.41. The summed E-state index contributed by atoms with van der Waals surface area (Å²) >= 11 is 0. The van der Waals surface area contributed by atoms with E-state index in [-0.39, 0.29) is 6.04 Å². The molecule has 1 aromatic rings. The number of hydrogen-bond acceptors (Lipinski definition) is 4. The van der Waals surface area contributed by atoms with Crippen molar-refractivity contribution in [3.8, 4) is 0 Å². The minimum absolute atomic E-state index is 0.280. The summed E-state index contributed by atoms with van der Waals surface area (Å²) in [6, 6.07) is 0.280. The van der Waals surface area contributed by atoms with Crippen molar-refractivity contribution in [2.75, 3.05) is 13.1 Å². The van der Waals surface area contributed by atoms with Gasteiger partial charge in [0.15, 0.2) is 5.82 Å². The van der Waals surface area contributed by atoms with Crippen LogP contribution < -0.4 is 0 Å². The Kier molecular flexibility index (Phi) is 2.90. The number of rotatable bonds is 3. The van der Waals surface area contributed by atoms with Gasteiger partial charge in [-0.05, 0) is 51.6 Å². The Morgan fingerprint density at radius 1 is 1.24 bits per heavy atom. The molecule has 0 spiro atoms. The molecule has 2 heterocycles. The van der Waals surface area contributed by atoms with E-state index < -0.39 is 0 Å². The van der Waals surface area contributed by atoms with Gasteiger partial charge >= 0.3 is 0 Å². The molecule has 0 radical (unpaired) electrons. The molecule has 1 aliphatic carbocycles. The van der Waals surface area contributed by atoms with Crippen LogP contribution in [0, 0.1) is 5.92 Å². The normalized spacial score (nSPS) is 25.1. The van der Waals surface area contributed by atoms with Crippen molar-refractivity contribution in [2.24, 2.45) is 5.92 Å². The molecular weight excluding hydrogens is 214 g/mol. The van der Waals surface area contributed by atoms with E-state index in [1.165, 1.54) is 25.7 Å². The van der Waals surface area contributed by atoms with Crippen molar-refractivity contribution in [1.82, 2.24) is 15.0 Å². The molecule has 2 fully saturated rings. The van der Waals surface area contributed by atoms with Crippen LogP contribution in [0.15, 0.2) is 4.52 Å². The van der Waals surface area contributed by atoms with Crippen LogP contribution in [-0.4, -0.2) is 28.1 Å². The lowest BCUT2D eigenvalue weighted by atomic mass is 9.98. The maximum absolute atomic E-state index is 5.41. The molecule has 0 bridgehead atoms. The zero-order valence-corrected chi connectivity index (χ0v) is 10.7. The molecular formula is C13H21N3O. The number of nitrogens with zero attached hydrogens (tertiary/aromatic N) is 3. The van der Waals surface area contributed by atoms with Crippen molar-refractivity contribution in [1.29, 1.82) is 0 Å².